The van der Waals surface area contributed by atoms with Crippen molar-refractivity contribution < 1.29 is 24.2 Å². The first-order valence-corrected chi connectivity index (χ1v) is 10.8. The number of carbonyl (C=O) groups is 2. The van der Waals surface area contributed by atoms with E-state index in [1.165, 1.54) is 55.3 Å². The maximum Gasteiger partial charge on any atom is 0.335 e. The fraction of sp³-hybridized carbons (Fsp3) is 0.200. The van der Waals surface area contributed by atoms with Crippen LogP contribution in [0.1, 0.15) is 28.4 Å². The van der Waals surface area contributed by atoms with Crippen LogP contribution in [-0.2, 0) is 9.53 Å². The van der Waals surface area contributed by atoms with Crippen LogP contribution in [0.15, 0.2) is 59.5 Å². The van der Waals surface area contributed by atoms with Gasteiger partial charge in [0.05, 0.1) is 30.5 Å². The molecule has 1 aromatic heterocycles. The van der Waals surface area contributed by atoms with Crippen molar-refractivity contribution in [1.82, 2.24) is 4.57 Å². The zero-order valence-electron chi connectivity index (χ0n) is 18.9. The predicted molar refractivity (Wildman–Crippen MR) is 130 cm³/mol. The van der Waals surface area contributed by atoms with Gasteiger partial charge in [-0.05, 0) is 42.5 Å². The smallest absolute Gasteiger partial charge is 0.335 e. The number of benzene rings is 2. The third kappa shape index (κ3) is 5.87. The van der Waals surface area contributed by atoms with Crippen molar-refractivity contribution >= 4 is 29.2 Å². The molecular formula is C25H22ClN3O6. The number of hydrogen-bond donors (Lipinski definition) is 2. The Morgan fingerprint density at radius 3 is 2.46 bits per heavy atom. The highest BCUT2D eigenvalue weighted by Crippen LogP contribution is 2.33. The van der Waals surface area contributed by atoms with E-state index in [4.69, 9.17) is 26.2 Å². The molecule has 0 saturated heterocycles. The van der Waals surface area contributed by atoms with Crippen molar-refractivity contribution in [1.29, 1.82) is 5.26 Å². The number of hydrogen-bond acceptors (Lipinski definition) is 6. The van der Waals surface area contributed by atoms with E-state index >= 15 is 0 Å². The topological polar surface area (TPSA) is 131 Å². The number of anilines is 1. The quantitative estimate of drug-likeness (QED) is 0.459. The molecule has 1 atom stereocenters. The average Bonchev–Trinajstić information content (AvgIpc) is 2.85. The Balaban J connectivity index is 2.02. The zero-order chi connectivity index (χ0) is 25.5. The van der Waals surface area contributed by atoms with Gasteiger partial charge >= 0.3 is 5.97 Å². The molecule has 0 saturated carbocycles. The standard InChI is InChI=1S/C25H22ClN3O6/c1-34-10-9-21(24(31)28-18-7-4-15(5-8-18)25(32)33)29-14-22(35-2)20(12-23(29)30)19-11-17(26)6-3-16(19)13-27/h3-8,11-12,14,21H,9-10H2,1-2H3,(H,28,31)(H,32,33)/t21-/m0/s1. The van der Waals surface area contributed by atoms with E-state index in [9.17, 15) is 19.6 Å². The molecular weight excluding hydrogens is 474 g/mol. The van der Waals surface area contributed by atoms with Crippen molar-refractivity contribution in [2.75, 3.05) is 26.1 Å². The van der Waals surface area contributed by atoms with Crippen LogP contribution in [0.25, 0.3) is 11.1 Å². The monoisotopic (exact) mass is 495 g/mol. The third-order valence-electron chi connectivity index (χ3n) is 5.29. The number of carboxylic acids is 1. The summed E-state index contributed by atoms with van der Waals surface area (Å²) in [7, 11) is 2.90. The highest BCUT2D eigenvalue weighted by molar-refractivity contribution is 6.31. The summed E-state index contributed by atoms with van der Waals surface area (Å²) >= 11 is 6.11. The van der Waals surface area contributed by atoms with Gasteiger partial charge in [0.1, 0.15) is 11.8 Å². The van der Waals surface area contributed by atoms with Gasteiger partial charge in [-0.2, -0.15) is 5.26 Å². The second-order valence-corrected chi connectivity index (χ2v) is 7.91. The van der Waals surface area contributed by atoms with E-state index in [2.05, 4.69) is 11.4 Å². The minimum Gasteiger partial charge on any atom is -0.495 e. The molecule has 0 aliphatic heterocycles. The second kappa shape index (κ2) is 11.3. The zero-order valence-corrected chi connectivity index (χ0v) is 19.7. The van der Waals surface area contributed by atoms with Gasteiger partial charge in [0.2, 0.25) is 5.91 Å². The number of nitriles is 1. The van der Waals surface area contributed by atoms with Crippen LogP contribution in [0.4, 0.5) is 5.69 Å². The number of nitrogens with one attached hydrogen (secondary N) is 1. The molecule has 3 aromatic rings. The van der Waals surface area contributed by atoms with E-state index < -0.39 is 23.5 Å². The lowest BCUT2D eigenvalue weighted by molar-refractivity contribution is -0.119. The number of aromatic carboxylic acids is 1. The Bertz CT molecular complexity index is 1340. The van der Waals surface area contributed by atoms with Gasteiger partial charge in [-0.3, -0.25) is 14.2 Å². The molecule has 1 heterocycles. The Kier molecular flexibility index (Phi) is 8.25. The van der Waals surface area contributed by atoms with Gasteiger partial charge in [0.15, 0.2) is 0 Å². The van der Waals surface area contributed by atoms with Crippen molar-refractivity contribution in [2.24, 2.45) is 0 Å². The average molecular weight is 496 g/mol. The lowest BCUT2D eigenvalue weighted by atomic mass is 10.00. The third-order valence-corrected chi connectivity index (χ3v) is 5.52. The van der Waals surface area contributed by atoms with Gasteiger partial charge in [0, 0.05) is 48.0 Å². The number of amides is 1. The summed E-state index contributed by atoms with van der Waals surface area (Å²) in [6.45, 7) is 0.194. The molecule has 2 aromatic carbocycles. The second-order valence-electron chi connectivity index (χ2n) is 7.47. The van der Waals surface area contributed by atoms with Gasteiger partial charge in [-0.25, -0.2) is 4.79 Å². The van der Waals surface area contributed by atoms with E-state index in [1.54, 1.807) is 18.2 Å². The number of rotatable bonds is 9. The Morgan fingerprint density at radius 2 is 1.86 bits per heavy atom. The first-order chi connectivity index (χ1) is 16.8. The molecule has 1 amide bonds. The first kappa shape index (κ1) is 25.5. The van der Waals surface area contributed by atoms with Gasteiger partial charge < -0.3 is 19.9 Å². The maximum atomic E-state index is 13.2. The molecule has 2 N–H and O–H groups in total. The molecule has 0 unspecified atom stereocenters. The summed E-state index contributed by atoms with van der Waals surface area (Å²) in [6.07, 6.45) is 1.59. The van der Waals surface area contributed by atoms with E-state index in [0.717, 1.165) is 0 Å². The van der Waals surface area contributed by atoms with Gasteiger partial charge in [-0.15, -0.1) is 0 Å². The lowest BCUT2D eigenvalue weighted by Crippen LogP contribution is -2.34. The molecule has 9 nitrogen and oxygen atoms in total. The minimum absolute atomic E-state index is 0.0771. The number of aromatic nitrogens is 1. The lowest BCUT2D eigenvalue weighted by Gasteiger charge is -2.21. The largest absolute Gasteiger partial charge is 0.495 e. The molecule has 0 aliphatic carbocycles. The van der Waals surface area contributed by atoms with Crippen molar-refractivity contribution in [2.45, 2.75) is 12.5 Å². The van der Waals surface area contributed by atoms with E-state index in [0.29, 0.717) is 27.4 Å². The van der Waals surface area contributed by atoms with Crippen molar-refractivity contribution in [3.8, 4) is 22.9 Å². The molecule has 35 heavy (non-hydrogen) atoms. The summed E-state index contributed by atoms with van der Waals surface area (Å²) in [4.78, 5) is 37.4. The Morgan fingerprint density at radius 1 is 1.14 bits per heavy atom. The molecule has 180 valence electrons. The van der Waals surface area contributed by atoms with Crippen LogP contribution in [0, 0.1) is 11.3 Å². The molecule has 10 heteroatoms. The Hall–Kier alpha value is -4.13. The summed E-state index contributed by atoms with van der Waals surface area (Å²) in [5, 5.41) is 21.6. The normalized spacial score (nSPS) is 11.4. The number of pyridine rings is 1. The molecule has 0 aliphatic rings. The van der Waals surface area contributed by atoms with Crippen molar-refractivity contribution in [3.63, 3.8) is 0 Å². The van der Waals surface area contributed by atoms with Crippen LogP contribution in [0.5, 0.6) is 5.75 Å². The molecule has 0 radical (unpaired) electrons. The van der Waals surface area contributed by atoms with Crippen LogP contribution in [-0.4, -0.2) is 42.4 Å². The van der Waals surface area contributed by atoms with Crippen LogP contribution in [0.3, 0.4) is 0 Å². The molecule has 0 fully saturated rings. The van der Waals surface area contributed by atoms with E-state index in [1.807, 2.05) is 0 Å². The number of carbonyl (C=O) groups excluding carboxylic acids is 1. The van der Waals surface area contributed by atoms with Crippen LogP contribution >= 0.6 is 11.6 Å². The number of methoxy groups -OCH3 is 2. The first-order valence-electron chi connectivity index (χ1n) is 10.4. The van der Waals surface area contributed by atoms with Gasteiger partial charge in [-0.1, -0.05) is 11.6 Å². The highest BCUT2D eigenvalue weighted by Gasteiger charge is 2.24. The van der Waals surface area contributed by atoms with Gasteiger partial charge in [0.25, 0.3) is 5.56 Å². The number of nitrogens with zero attached hydrogens (tertiary/aromatic N) is 2. The van der Waals surface area contributed by atoms with E-state index in [-0.39, 0.29) is 24.3 Å². The predicted octanol–water partition coefficient (Wildman–Crippen LogP) is 3.96. The highest BCUT2D eigenvalue weighted by atomic mass is 35.5. The fourth-order valence-corrected chi connectivity index (χ4v) is 3.70. The summed E-state index contributed by atoms with van der Waals surface area (Å²) < 4.78 is 11.9. The molecule has 0 bridgehead atoms. The summed E-state index contributed by atoms with van der Waals surface area (Å²) in [6, 6.07) is 12.8. The maximum absolute atomic E-state index is 13.2. The summed E-state index contributed by atoms with van der Waals surface area (Å²) in [5.74, 6) is -1.31. The molecule has 3 rings (SSSR count). The summed E-state index contributed by atoms with van der Waals surface area (Å²) in [5.41, 5.74) is 1.05. The fourth-order valence-electron chi connectivity index (χ4n) is 3.53. The number of ether oxygens (including phenoxy) is 2. The molecule has 0 spiro atoms. The SMILES string of the molecule is COCC[C@@H](C(=O)Nc1ccc(C(=O)O)cc1)n1cc(OC)c(-c2cc(Cl)ccc2C#N)cc1=O. The minimum atomic E-state index is -1.08. The number of carboxylic acid groups (broad SMARTS) is 1. The number of halogens is 1. The van der Waals surface area contributed by atoms with Crippen LogP contribution in [0.2, 0.25) is 5.02 Å². The Labute approximate surface area is 206 Å². The van der Waals surface area contributed by atoms with Crippen LogP contribution < -0.4 is 15.6 Å². The van der Waals surface area contributed by atoms with Crippen molar-refractivity contribution in [3.05, 3.63) is 81.2 Å².